The Balaban J connectivity index is 1.63. The van der Waals surface area contributed by atoms with Gasteiger partial charge < -0.3 is 10.2 Å². The Labute approximate surface area is 172 Å². The van der Waals surface area contributed by atoms with Crippen molar-refractivity contribution in [1.82, 2.24) is 4.98 Å². The third kappa shape index (κ3) is 3.95. The molecule has 1 heterocycles. The van der Waals surface area contributed by atoms with Crippen LogP contribution in [0, 0.1) is 0 Å². The summed E-state index contributed by atoms with van der Waals surface area (Å²) in [4.78, 5) is 26.7. The Morgan fingerprint density at radius 1 is 0.500 bits per heavy atom. The van der Waals surface area contributed by atoms with Gasteiger partial charge in [0.2, 0.25) is 0 Å². The maximum absolute atomic E-state index is 11.3. The van der Waals surface area contributed by atoms with Gasteiger partial charge in [-0.2, -0.15) is 0 Å². The van der Waals surface area contributed by atoms with Crippen LogP contribution in [-0.4, -0.2) is 27.1 Å². The number of carboxylic acids is 2. The monoisotopic (exact) mass is 395 g/mol. The summed E-state index contributed by atoms with van der Waals surface area (Å²) < 4.78 is 0. The minimum atomic E-state index is -1.16. The van der Waals surface area contributed by atoms with Gasteiger partial charge in [-0.05, 0) is 63.7 Å². The molecule has 5 heteroatoms. The van der Waals surface area contributed by atoms with E-state index in [0.717, 1.165) is 33.9 Å². The molecule has 0 saturated carbocycles. The molecule has 0 bridgehead atoms. The lowest BCUT2D eigenvalue weighted by Gasteiger charge is -2.08. The standard InChI is InChI=1S/C25H17NO4/c27-24(28)22-13-21(14-23(15-22)25(29)30)19-7-5-17(6-8-19)16-1-3-18(4-2-16)20-9-11-26-12-10-20/h1-15H,(H,27,28)(H,29,30). The van der Waals surface area contributed by atoms with Crippen LogP contribution >= 0.6 is 0 Å². The minimum absolute atomic E-state index is 0.0549. The van der Waals surface area contributed by atoms with Gasteiger partial charge in [0.25, 0.3) is 0 Å². The zero-order valence-corrected chi connectivity index (χ0v) is 15.8. The van der Waals surface area contributed by atoms with Crippen LogP contribution in [0.4, 0.5) is 0 Å². The number of rotatable bonds is 5. The summed E-state index contributed by atoms with van der Waals surface area (Å²) in [6.45, 7) is 0. The van der Waals surface area contributed by atoms with Crippen molar-refractivity contribution in [3.63, 3.8) is 0 Å². The van der Waals surface area contributed by atoms with Crippen molar-refractivity contribution in [3.05, 3.63) is 102 Å². The second-order valence-electron chi connectivity index (χ2n) is 6.80. The number of carboxylic acid groups (broad SMARTS) is 2. The van der Waals surface area contributed by atoms with Gasteiger partial charge in [0, 0.05) is 12.4 Å². The molecule has 0 atom stereocenters. The lowest BCUT2D eigenvalue weighted by molar-refractivity contribution is 0.0696. The highest BCUT2D eigenvalue weighted by molar-refractivity contribution is 5.96. The molecule has 2 N–H and O–H groups in total. The third-order valence-electron chi connectivity index (χ3n) is 4.88. The molecule has 0 aliphatic heterocycles. The molecule has 0 aliphatic rings. The topological polar surface area (TPSA) is 87.5 Å². The van der Waals surface area contributed by atoms with E-state index < -0.39 is 11.9 Å². The van der Waals surface area contributed by atoms with E-state index >= 15 is 0 Å². The molecule has 0 amide bonds. The van der Waals surface area contributed by atoms with Crippen LogP contribution in [0.2, 0.25) is 0 Å². The van der Waals surface area contributed by atoms with Gasteiger partial charge in [0.05, 0.1) is 11.1 Å². The predicted molar refractivity (Wildman–Crippen MR) is 114 cm³/mol. The number of hydrogen-bond donors (Lipinski definition) is 2. The summed E-state index contributed by atoms with van der Waals surface area (Å²) in [5, 5.41) is 18.5. The molecule has 30 heavy (non-hydrogen) atoms. The summed E-state index contributed by atoms with van der Waals surface area (Å²) in [6.07, 6.45) is 3.52. The van der Waals surface area contributed by atoms with Gasteiger partial charge in [0.15, 0.2) is 0 Å². The minimum Gasteiger partial charge on any atom is -0.478 e. The Morgan fingerprint density at radius 2 is 0.833 bits per heavy atom. The molecule has 3 aromatic carbocycles. The average molecular weight is 395 g/mol. The van der Waals surface area contributed by atoms with Crippen LogP contribution < -0.4 is 0 Å². The van der Waals surface area contributed by atoms with Crippen molar-refractivity contribution >= 4 is 11.9 Å². The number of aromatic nitrogens is 1. The van der Waals surface area contributed by atoms with E-state index in [1.165, 1.54) is 12.1 Å². The summed E-state index contributed by atoms with van der Waals surface area (Å²) in [7, 11) is 0. The van der Waals surface area contributed by atoms with Crippen molar-refractivity contribution in [2.24, 2.45) is 0 Å². The first-order chi connectivity index (χ1) is 14.5. The average Bonchev–Trinajstić information content (AvgIpc) is 2.79. The molecule has 0 saturated heterocycles. The van der Waals surface area contributed by atoms with Crippen molar-refractivity contribution in [2.45, 2.75) is 0 Å². The first-order valence-corrected chi connectivity index (χ1v) is 9.24. The van der Waals surface area contributed by atoms with Crippen LogP contribution in [0.5, 0.6) is 0 Å². The molecule has 0 spiro atoms. The number of carbonyl (C=O) groups is 2. The Hall–Kier alpha value is -4.25. The van der Waals surface area contributed by atoms with Gasteiger partial charge in [0.1, 0.15) is 0 Å². The van der Waals surface area contributed by atoms with E-state index in [2.05, 4.69) is 4.98 Å². The van der Waals surface area contributed by atoms with Gasteiger partial charge in [-0.1, -0.05) is 48.5 Å². The smallest absolute Gasteiger partial charge is 0.335 e. The molecule has 0 unspecified atom stereocenters. The van der Waals surface area contributed by atoms with E-state index in [-0.39, 0.29) is 11.1 Å². The molecule has 146 valence electrons. The van der Waals surface area contributed by atoms with Gasteiger partial charge in [-0.15, -0.1) is 0 Å². The second-order valence-corrected chi connectivity index (χ2v) is 6.80. The van der Waals surface area contributed by atoms with E-state index in [9.17, 15) is 19.8 Å². The van der Waals surface area contributed by atoms with Gasteiger partial charge >= 0.3 is 11.9 Å². The van der Waals surface area contributed by atoms with Crippen molar-refractivity contribution < 1.29 is 19.8 Å². The molecule has 0 fully saturated rings. The lowest BCUT2D eigenvalue weighted by Crippen LogP contribution is -2.03. The van der Waals surface area contributed by atoms with Crippen LogP contribution in [0.3, 0.4) is 0 Å². The SMILES string of the molecule is O=C(O)c1cc(C(=O)O)cc(-c2ccc(-c3ccc(-c4ccncc4)cc3)cc2)c1. The lowest BCUT2D eigenvalue weighted by atomic mass is 9.96. The highest BCUT2D eigenvalue weighted by atomic mass is 16.4. The number of hydrogen-bond acceptors (Lipinski definition) is 3. The van der Waals surface area contributed by atoms with E-state index in [1.54, 1.807) is 12.4 Å². The van der Waals surface area contributed by atoms with E-state index in [1.807, 2.05) is 60.7 Å². The number of aromatic carboxylic acids is 2. The highest BCUT2D eigenvalue weighted by Crippen LogP contribution is 2.28. The quantitative estimate of drug-likeness (QED) is 0.467. The van der Waals surface area contributed by atoms with Crippen LogP contribution in [0.15, 0.2) is 91.3 Å². The maximum atomic E-state index is 11.3. The summed E-state index contributed by atoms with van der Waals surface area (Å²) in [5.41, 5.74) is 5.44. The number of nitrogens with zero attached hydrogens (tertiary/aromatic N) is 1. The molecule has 4 aromatic rings. The molecule has 0 aliphatic carbocycles. The van der Waals surface area contributed by atoms with Crippen molar-refractivity contribution in [1.29, 1.82) is 0 Å². The van der Waals surface area contributed by atoms with E-state index in [0.29, 0.717) is 5.56 Å². The predicted octanol–water partition coefficient (Wildman–Crippen LogP) is 5.48. The van der Waals surface area contributed by atoms with Crippen LogP contribution in [0.1, 0.15) is 20.7 Å². The summed E-state index contributed by atoms with van der Waals surface area (Å²) in [5.74, 6) is -2.32. The molecular formula is C25H17NO4. The van der Waals surface area contributed by atoms with Gasteiger partial charge in [-0.3, -0.25) is 4.98 Å². The second kappa shape index (κ2) is 8.01. The number of benzene rings is 3. The first-order valence-electron chi connectivity index (χ1n) is 9.24. The molecule has 5 nitrogen and oxygen atoms in total. The van der Waals surface area contributed by atoms with Crippen LogP contribution in [-0.2, 0) is 0 Å². The Bertz CT molecular complexity index is 1180. The first kappa shape index (κ1) is 19.1. The zero-order valence-electron chi connectivity index (χ0n) is 15.8. The summed E-state index contributed by atoms with van der Waals surface area (Å²) >= 11 is 0. The molecule has 1 aromatic heterocycles. The third-order valence-corrected chi connectivity index (χ3v) is 4.88. The fourth-order valence-corrected chi connectivity index (χ4v) is 3.30. The fraction of sp³-hybridized carbons (Fsp3) is 0. The normalized spacial score (nSPS) is 10.5. The maximum Gasteiger partial charge on any atom is 0.335 e. The van der Waals surface area contributed by atoms with Crippen molar-refractivity contribution in [3.8, 4) is 33.4 Å². The largest absolute Gasteiger partial charge is 0.478 e. The van der Waals surface area contributed by atoms with E-state index in [4.69, 9.17) is 0 Å². The number of pyridine rings is 1. The summed E-state index contributed by atoms with van der Waals surface area (Å²) in [6, 6.07) is 23.8. The highest BCUT2D eigenvalue weighted by Gasteiger charge is 2.12. The van der Waals surface area contributed by atoms with Gasteiger partial charge in [-0.25, -0.2) is 9.59 Å². The van der Waals surface area contributed by atoms with Crippen LogP contribution in [0.25, 0.3) is 33.4 Å². The fourth-order valence-electron chi connectivity index (χ4n) is 3.30. The molecular weight excluding hydrogens is 378 g/mol. The molecule has 4 rings (SSSR count). The molecule has 0 radical (unpaired) electrons. The van der Waals surface area contributed by atoms with Crippen molar-refractivity contribution in [2.75, 3.05) is 0 Å². The Kier molecular flexibility index (Phi) is 5.09. The zero-order chi connectivity index (χ0) is 21.1. The Morgan fingerprint density at radius 3 is 1.20 bits per heavy atom.